The van der Waals surface area contributed by atoms with E-state index >= 15 is 0 Å². The van der Waals surface area contributed by atoms with Crippen LogP contribution in [0.5, 0.6) is 0 Å². The van der Waals surface area contributed by atoms with E-state index in [4.69, 9.17) is 17.3 Å². The van der Waals surface area contributed by atoms with Gasteiger partial charge in [0.2, 0.25) is 5.91 Å². The molecule has 0 bridgehead atoms. The molecule has 9 heteroatoms. The van der Waals surface area contributed by atoms with Crippen LogP contribution in [0.3, 0.4) is 0 Å². The molecule has 0 fully saturated rings. The molecule has 3 aromatic rings. The molecule has 0 saturated heterocycles. The van der Waals surface area contributed by atoms with Gasteiger partial charge in [-0.05, 0) is 29.3 Å². The normalized spacial score (nSPS) is 10.4. The third-order valence-electron chi connectivity index (χ3n) is 4.28. The zero-order valence-corrected chi connectivity index (χ0v) is 16.7. The van der Waals surface area contributed by atoms with Crippen molar-refractivity contribution >= 4 is 29.3 Å². The Morgan fingerprint density at radius 2 is 1.67 bits per heavy atom. The van der Waals surface area contributed by atoms with Crippen molar-refractivity contribution in [3.63, 3.8) is 0 Å². The molecule has 0 unspecified atom stereocenters. The minimum Gasteiger partial charge on any atom is -0.368 e. The van der Waals surface area contributed by atoms with Crippen LogP contribution in [0.1, 0.15) is 31.8 Å². The molecule has 1 heterocycles. The van der Waals surface area contributed by atoms with Gasteiger partial charge in [0.15, 0.2) is 0 Å². The summed E-state index contributed by atoms with van der Waals surface area (Å²) < 4.78 is 1.65. The highest BCUT2D eigenvalue weighted by atomic mass is 35.5. The number of nitrogens with two attached hydrogens (primary N) is 1. The Morgan fingerprint density at radius 3 is 2.37 bits per heavy atom. The number of aromatic nitrogens is 2. The van der Waals surface area contributed by atoms with Gasteiger partial charge in [-0.1, -0.05) is 41.9 Å². The maximum absolute atomic E-state index is 12.4. The maximum Gasteiger partial charge on any atom is 0.254 e. The van der Waals surface area contributed by atoms with Crippen molar-refractivity contribution in [2.45, 2.75) is 13.1 Å². The maximum atomic E-state index is 12.4. The molecule has 0 radical (unpaired) electrons. The smallest absolute Gasteiger partial charge is 0.254 e. The first-order chi connectivity index (χ1) is 14.4. The van der Waals surface area contributed by atoms with Gasteiger partial charge in [-0.3, -0.25) is 19.1 Å². The minimum atomic E-state index is -0.613. The first-order valence-corrected chi connectivity index (χ1v) is 9.49. The summed E-state index contributed by atoms with van der Waals surface area (Å²) in [7, 11) is 0. The second-order valence-corrected chi connectivity index (χ2v) is 6.95. The lowest BCUT2D eigenvalue weighted by atomic mass is 10.1. The van der Waals surface area contributed by atoms with E-state index in [1.54, 1.807) is 41.2 Å². The van der Waals surface area contributed by atoms with Crippen molar-refractivity contribution in [2.75, 3.05) is 6.54 Å². The second kappa shape index (κ2) is 9.71. The molecule has 3 amide bonds. The minimum absolute atomic E-state index is 0.221. The van der Waals surface area contributed by atoms with E-state index in [0.29, 0.717) is 22.7 Å². The van der Waals surface area contributed by atoms with Crippen LogP contribution in [-0.4, -0.2) is 34.0 Å². The first-order valence-electron chi connectivity index (χ1n) is 9.12. The average Bonchev–Trinajstić information content (AvgIpc) is 3.21. The van der Waals surface area contributed by atoms with Crippen molar-refractivity contribution in [3.05, 3.63) is 88.2 Å². The summed E-state index contributed by atoms with van der Waals surface area (Å²) in [4.78, 5) is 35.0. The number of hydrogen-bond donors (Lipinski definition) is 3. The Morgan fingerprint density at radius 1 is 0.967 bits per heavy atom. The lowest BCUT2D eigenvalue weighted by Gasteiger charge is -2.06. The van der Waals surface area contributed by atoms with Crippen LogP contribution in [0.4, 0.5) is 0 Å². The van der Waals surface area contributed by atoms with Gasteiger partial charge in [-0.15, -0.1) is 0 Å². The Labute approximate surface area is 178 Å². The van der Waals surface area contributed by atoms with Crippen LogP contribution >= 0.6 is 11.6 Å². The number of nitrogens with zero attached hydrogens (tertiary/aromatic N) is 2. The number of hydrogen-bond acceptors (Lipinski definition) is 4. The molecule has 0 aliphatic carbocycles. The average molecular weight is 426 g/mol. The summed E-state index contributed by atoms with van der Waals surface area (Å²) in [5.41, 5.74) is 7.56. The number of primary amides is 1. The molecule has 0 atom stereocenters. The van der Waals surface area contributed by atoms with E-state index in [9.17, 15) is 14.4 Å². The molecule has 2 aromatic carbocycles. The fourth-order valence-corrected chi connectivity index (χ4v) is 2.89. The summed E-state index contributed by atoms with van der Waals surface area (Å²) in [6, 6.07) is 14.1. The molecule has 1 aromatic heterocycles. The standard InChI is InChI=1S/C21H20ClN5O3/c22-18-4-2-1-3-16(18)12-27-13-17(10-26-27)21(30)24-9-14-5-7-15(8-6-14)20(29)25-11-19(23)28/h1-8,10,13H,9,11-12H2,(H2,23,28)(H,24,30)(H,25,29). The van der Waals surface area contributed by atoms with Crippen molar-refractivity contribution < 1.29 is 14.4 Å². The highest BCUT2D eigenvalue weighted by Crippen LogP contribution is 2.16. The van der Waals surface area contributed by atoms with Gasteiger partial charge in [0.25, 0.3) is 11.8 Å². The molecule has 30 heavy (non-hydrogen) atoms. The molecule has 8 nitrogen and oxygen atoms in total. The molecule has 4 N–H and O–H groups in total. The van der Waals surface area contributed by atoms with E-state index in [1.807, 2.05) is 18.2 Å². The highest BCUT2D eigenvalue weighted by molar-refractivity contribution is 6.31. The summed E-state index contributed by atoms with van der Waals surface area (Å²) in [5.74, 6) is -1.27. The van der Waals surface area contributed by atoms with E-state index in [0.717, 1.165) is 11.1 Å². The van der Waals surface area contributed by atoms with E-state index in [1.165, 1.54) is 6.20 Å². The van der Waals surface area contributed by atoms with Crippen LogP contribution in [-0.2, 0) is 17.9 Å². The second-order valence-electron chi connectivity index (χ2n) is 6.55. The molecule has 0 spiro atoms. The fourth-order valence-electron chi connectivity index (χ4n) is 2.70. The van der Waals surface area contributed by atoms with Gasteiger partial charge in [0, 0.05) is 23.3 Å². The van der Waals surface area contributed by atoms with Gasteiger partial charge in [-0.2, -0.15) is 5.10 Å². The fraction of sp³-hybridized carbons (Fsp3) is 0.143. The number of carbonyl (C=O) groups excluding carboxylic acids is 3. The highest BCUT2D eigenvalue weighted by Gasteiger charge is 2.10. The number of amides is 3. The molecule has 0 aliphatic heterocycles. The van der Waals surface area contributed by atoms with Crippen LogP contribution in [0.2, 0.25) is 5.02 Å². The molecule has 3 rings (SSSR count). The van der Waals surface area contributed by atoms with Gasteiger partial charge in [0.1, 0.15) is 0 Å². The van der Waals surface area contributed by atoms with Gasteiger partial charge >= 0.3 is 0 Å². The Bertz CT molecular complexity index is 1060. The number of halogens is 1. The quantitative estimate of drug-likeness (QED) is 0.509. The third kappa shape index (κ3) is 5.68. The van der Waals surface area contributed by atoms with Gasteiger partial charge in [0.05, 0.1) is 24.8 Å². The van der Waals surface area contributed by atoms with Crippen molar-refractivity contribution in [2.24, 2.45) is 5.73 Å². The molecule has 0 saturated carbocycles. The molecule has 0 aliphatic rings. The topological polar surface area (TPSA) is 119 Å². The molecule has 154 valence electrons. The first kappa shape index (κ1) is 21.1. The van der Waals surface area contributed by atoms with Crippen LogP contribution < -0.4 is 16.4 Å². The lowest BCUT2D eigenvalue weighted by Crippen LogP contribution is -2.33. The predicted octanol–water partition coefficient (Wildman–Crippen LogP) is 1.73. The van der Waals surface area contributed by atoms with Gasteiger partial charge < -0.3 is 16.4 Å². The number of carbonyl (C=O) groups is 3. The Hall–Kier alpha value is -3.65. The van der Waals surface area contributed by atoms with Crippen LogP contribution in [0, 0.1) is 0 Å². The molecular weight excluding hydrogens is 406 g/mol. The Kier molecular flexibility index (Phi) is 6.82. The summed E-state index contributed by atoms with van der Waals surface area (Å²) >= 11 is 6.16. The molecular formula is C21H20ClN5O3. The third-order valence-corrected chi connectivity index (χ3v) is 4.65. The SMILES string of the molecule is NC(=O)CNC(=O)c1ccc(CNC(=O)c2cnn(Cc3ccccc3Cl)c2)cc1. The lowest BCUT2D eigenvalue weighted by molar-refractivity contribution is -0.117. The van der Waals surface area contributed by atoms with Crippen molar-refractivity contribution in [3.8, 4) is 0 Å². The number of rotatable bonds is 8. The largest absolute Gasteiger partial charge is 0.368 e. The van der Waals surface area contributed by atoms with Crippen LogP contribution in [0.15, 0.2) is 60.9 Å². The van der Waals surface area contributed by atoms with E-state index in [2.05, 4.69) is 15.7 Å². The Balaban J connectivity index is 1.53. The monoisotopic (exact) mass is 425 g/mol. The van der Waals surface area contributed by atoms with E-state index in [-0.39, 0.29) is 19.0 Å². The summed E-state index contributed by atoms with van der Waals surface area (Å²) in [5, 5.41) is 10.1. The number of benzene rings is 2. The number of nitrogens with one attached hydrogen (secondary N) is 2. The summed E-state index contributed by atoms with van der Waals surface area (Å²) in [6.07, 6.45) is 3.16. The van der Waals surface area contributed by atoms with Crippen LogP contribution in [0.25, 0.3) is 0 Å². The van der Waals surface area contributed by atoms with Gasteiger partial charge in [-0.25, -0.2) is 0 Å². The zero-order chi connectivity index (χ0) is 21.5. The van der Waals surface area contributed by atoms with Crippen molar-refractivity contribution in [1.29, 1.82) is 0 Å². The summed E-state index contributed by atoms with van der Waals surface area (Å²) in [6.45, 7) is 0.532. The van der Waals surface area contributed by atoms with Crippen molar-refractivity contribution in [1.82, 2.24) is 20.4 Å². The predicted molar refractivity (Wildman–Crippen MR) is 112 cm³/mol. The van der Waals surface area contributed by atoms with E-state index < -0.39 is 11.8 Å². The zero-order valence-electron chi connectivity index (χ0n) is 16.0.